The first-order chi connectivity index (χ1) is 7.30. The number of nitrogens with two attached hydrogens (primary N) is 1. The Morgan fingerprint density at radius 2 is 2.06 bits per heavy atom. The van der Waals surface area contributed by atoms with Crippen molar-refractivity contribution in [1.29, 1.82) is 0 Å². The van der Waals surface area contributed by atoms with Gasteiger partial charge in [-0.2, -0.15) is 13.2 Å². The highest BCUT2D eigenvalue weighted by Crippen LogP contribution is 2.22. The van der Waals surface area contributed by atoms with Crippen LogP contribution in [-0.4, -0.2) is 28.3 Å². The second-order valence-electron chi connectivity index (χ2n) is 3.08. The topological polar surface area (TPSA) is 80.9 Å². The lowest BCUT2D eigenvalue weighted by Crippen LogP contribution is -2.33. The molecular formula is C8H9F3N4O. The first kappa shape index (κ1) is 12.2. The largest absolute Gasteiger partial charge is 0.408 e. The summed E-state index contributed by atoms with van der Waals surface area (Å²) in [5.41, 5.74) is 4.79. The molecule has 88 valence electrons. The number of aromatic nitrogens is 2. The standard InChI is InChI=1S/C8H9F3N4O/c1-4(8(9,10)11)13-6-3-2-5(7(12)16)14-15-6/h2-4H,1H3,(H2,12,16)(H,13,15). The van der Waals surface area contributed by atoms with Gasteiger partial charge in [-0.15, -0.1) is 10.2 Å². The van der Waals surface area contributed by atoms with Gasteiger partial charge in [0.05, 0.1) is 0 Å². The highest BCUT2D eigenvalue weighted by molar-refractivity contribution is 5.90. The van der Waals surface area contributed by atoms with Crippen LogP contribution in [0, 0.1) is 0 Å². The number of nitrogens with one attached hydrogen (secondary N) is 1. The summed E-state index contributed by atoms with van der Waals surface area (Å²) in [7, 11) is 0. The van der Waals surface area contributed by atoms with Gasteiger partial charge in [-0.3, -0.25) is 4.79 Å². The summed E-state index contributed by atoms with van der Waals surface area (Å²) in [4.78, 5) is 10.6. The van der Waals surface area contributed by atoms with E-state index in [0.717, 1.165) is 6.92 Å². The van der Waals surface area contributed by atoms with Gasteiger partial charge in [-0.1, -0.05) is 0 Å². The van der Waals surface area contributed by atoms with Crippen LogP contribution in [0.15, 0.2) is 12.1 Å². The van der Waals surface area contributed by atoms with Crippen LogP contribution in [0.5, 0.6) is 0 Å². The van der Waals surface area contributed by atoms with Crippen molar-refractivity contribution >= 4 is 11.7 Å². The maximum Gasteiger partial charge on any atom is 0.408 e. The number of alkyl halides is 3. The molecule has 0 fully saturated rings. The van der Waals surface area contributed by atoms with E-state index in [1.54, 1.807) is 0 Å². The smallest absolute Gasteiger partial charge is 0.364 e. The highest BCUT2D eigenvalue weighted by atomic mass is 19.4. The Morgan fingerprint density at radius 3 is 2.44 bits per heavy atom. The average molecular weight is 234 g/mol. The molecule has 16 heavy (non-hydrogen) atoms. The van der Waals surface area contributed by atoms with E-state index in [0.29, 0.717) is 0 Å². The van der Waals surface area contributed by atoms with Gasteiger partial charge < -0.3 is 11.1 Å². The molecule has 1 unspecified atom stereocenters. The molecule has 3 N–H and O–H groups in total. The van der Waals surface area contributed by atoms with Gasteiger partial charge in [0.25, 0.3) is 5.91 Å². The van der Waals surface area contributed by atoms with Crippen molar-refractivity contribution in [2.24, 2.45) is 5.73 Å². The van der Waals surface area contributed by atoms with Gasteiger partial charge in [0.2, 0.25) is 0 Å². The van der Waals surface area contributed by atoms with Crippen LogP contribution < -0.4 is 11.1 Å². The normalized spacial score (nSPS) is 13.2. The van der Waals surface area contributed by atoms with E-state index >= 15 is 0 Å². The Balaban J connectivity index is 2.73. The fraction of sp³-hybridized carbons (Fsp3) is 0.375. The summed E-state index contributed by atoms with van der Waals surface area (Å²) in [6, 6.07) is 0.650. The van der Waals surface area contributed by atoms with E-state index in [1.165, 1.54) is 12.1 Å². The van der Waals surface area contributed by atoms with Crippen molar-refractivity contribution in [3.05, 3.63) is 17.8 Å². The number of primary amides is 1. The van der Waals surface area contributed by atoms with E-state index < -0.39 is 18.1 Å². The van der Waals surface area contributed by atoms with Gasteiger partial charge in [0, 0.05) is 0 Å². The minimum atomic E-state index is -4.37. The van der Waals surface area contributed by atoms with E-state index in [-0.39, 0.29) is 11.5 Å². The lowest BCUT2D eigenvalue weighted by molar-refractivity contribution is -0.138. The van der Waals surface area contributed by atoms with Crippen molar-refractivity contribution in [2.45, 2.75) is 19.1 Å². The van der Waals surface area contributed by atoms with Gasteiger partial charge in [0.15, 0.2) is 5.69 Å². The number of amides is 1. The molecule has 5 nitrogen and oxygen atoms in total. The minimum Gasteiger partial charge on any atom is -0.364 e. The fourth-order valence-corrected chi connectivity index (χ4v) is 0.844. The van der Waals surface area contributed by atoms with Crippen LogP contribution in [-0.2, 0) is 0 Å². The first-order valence-corrected chi connectivity index (χ1v) is 4.27. The summed E-state index contributed by atoms with van der Waals surface area (Å²) in [6.07, 6.45) is -4.37. The molecule has 1 aromatic rings. The number of halogens is 3. The number of carbonyl (C=O) groups is 1. The lowest BCUT2D eigenvalue weighted by Gasteiger charge is -2.17. The van der Waals surface area contributed by atoms with Crippen molar-refractivity contribution in [2.75, 3.05) is 5.32 Å². The summed E-state index contributed by atoms with van der Waals surface area (Å²) in [6.45, 7) is 0.948. The molecule has 0 aromatic carbocycles. The van der Waals surface area contributed by atoms with Crippen LogP contribution in [0.25, 0.3) is 0 Å². The maximum absolute atomic E-state index is 12.2. The molecule has 1 heterocycles. The summed E-state index contributed by atoms with van der Waals surface area (Å²) < 4.78 is 36.5. The number of rotatable bonds is 3. The molecule has 0 aliphatic heterocycles. The van der Waals surface area contributed by atoms with Gasteiger partial charge in [0.1, 0.15) is 11.9 Å². The first-order valence-electron chi connectivity index (χ1n) is 4.27. The van der Waals surface area contributed by atoms with Gasteiger partial charge in [-0.25, -0.2) is 0 Å². The highest BCUT2D eigenvalue weighted by Gasteiger charge is 2.36. The molecule has 0 aliphatic carbocycles. The van der Waals surface area contributed by atoms with Crippen LogP contribution in [0.1, 0.15) is 17.4 Å². The van der Waals surface area contributed by atoms with Crippen LogP contribution >= 0.6 is 0 Å². The molecule has 1 rings (SSSR count). The van der Waals surface area contributed by atoms with Crippen molar-refractivity contribution in [1.82, 2.24) is 10.2 Å². The molecule has 8 heteroatoms. The van der Waals surface area contributed by atoms with Crippen LogP contribution in [0.2, 0.25) is 0 Å². The number of anilines is 1. The second-order valence-corrected chi connectivity index (χ2v) is 3.08. The Kier molecular flexibility index (Phi) is 3.31. The van der Waals surface area contributed by atoms with E-state index in [2.05, 4.69) is 15.5 Å². The SMILES string of the molecule is CC(Nc1ccc(C(N)=O)nn1)C(F)(F)F. The number of carbonyl (C=O) groups excluding carboxylic acids is 1. The molecule has 1 amide bonds. The molecular weight excluding hydrogens is 225 g/mol. The Labute approximate surface area is 88.8 Å². The predicted molar refractivity (Wildman–Crippen MR) is 49.7 cm³/mol. The van der Waals surface area contributed by atoms with Gasteiger partial charge in [-0.05, 0) is 19.1 Å². The molecule has 0 bridgehead atoms. The third-order valence-corrected chi connectivity index (χ3v) is 1.77. The fourth-order valence-electron chi connectivity index (χ4n) is 0.844. The zero-order valence-corrected chi connectivity index (χ0v) is 8.25. The van der Waals surface area contributed by atoms with Gasteiger partial charge >= 0.3 is 6.18 Å². The molecule has 1 atom stereocenters. The Bertz CT molecular complexity index is 376. The summed E-state index contributed by atoms with van der Waals surface area (Å²) in [5.74, 6) is -0.863. The molecule has 0 radical (unpaired) electrons. The van der Waals surface area contributed by atoms with Crippen LogP contribution in [0.4, 0.5) is 19.0 Å². The van der Waals surface area contributed by atoms with E-state index in [9.17, 15) is 18.0 Å². The minimum absolute atomic E-state index is 0.0742. The monoisotopic (exact) mass is 234 g/mol. The zero-order valence-electron chi connectivity index (χ0n) is 8.25. The summed E-state index contributed by atoms with van der Waals surface area (Å²) >= 11 is 0. The third kappa shape index (κ3) is 3.07. The predicted octanol–water partition coefficient (Wildman–Crippen LogP) is 0.938. The van der Waals surface area contributed by atoms with Crippen molar-refractivity contribution in [3.8, 4) is 0 Å². The third-order valence-electron chi connectivity index (χ3n) is 1.77. The quantitative estimate of drug-likeness (QED) is 0.815. The molecule has 1 aromatic heterocycles. The van der Waals surface area contributed by atoms with E-state index in [1.807, 2.05) is 0 Å². The van der Waals surface area contributed by atoms with Crippen molar-refractivity contribution < 1.29 is 18.0 Å². The average Bonchev–Trinajstić information content (AvgIpc) is 2.17. The molecule has 0 saturated heterocycles. The number of hydrogen-bond donors (Lipinski definition) is 2. The van der Waals surface area contributed by atoms with E-state index in [4.69, 9.17) is 5.73 Å². The van der Waals surface area contributed by atoms with Crippen molar-refractivity contribution in [3.63, 3.8) is 0 Å². The summed E-state index contributed by atoms with van der Waals surface area (Å²) in [5, 5.41) is 8.85. The molecule has 0 aliphatic rings. The maximum atomic E-state index is 12.2. The lowest BCUT2D eigenvalue weighted by atomic mass is 10.3. The zero-order chi connectivity index (χ0) is 12.3. The van der Waals surface area contributed by atoms with Crippen LogP contribution in [0.3, 0.4) is 0 Å². The Hall–Kier alpha value is -1.86. The number of hydrogen-bond acceptors (Lipinski definition) is 4. The molecule has 0 spiro atoms. The molecule has 0 saturated carbocycles. The Morgan fingerprint density at radius 1 is 1.44 bits per heavy atom. The number of nitrogens with zero attached hydrogens (tertiary/aromatic N) is 2. The second kappa shape index (κ2) is 4.33.